The van der Waals surface area contributed by atoms with Crippen LogP contribution in [0.4, 0.5) is 0 Å². The zero-order chi connectivity index (χ0) is 8.97. The van der Waals surface area contributed by atoms with Crippen molar-refractivity contribution in [2.75, 3.05) is 26.2 Å². The van der Waals surface area contributed by atoms with Crippen LogP contribution in [-0.4, -0.2) is 48.6 Å². The van der Waals surface area contributed by atoms with E-state index >= 15 is 0 Å². The second kappa shape index (κ2) is 4.06. The van der Waals surface area contributed by atoms with Gasteiger partial charge in [0.25, 0.3) is 0 Å². The molecule has 1 fully saturated rings. The van der Waals surface area contributed by atoms with Gasteiger partial charge in [0, 0.05) is 19.6 Å². The zero-order valence-corrected chi connectivity index (χ0v) is 6.69. The van der Waals surface area contributed by atoms with Gasteiger partial charge in [0.1, 0.15) is 0 Å². The van der Waals surface area contributed by atoms with E-state index in [9.17, 15) is 9.59 Å². The largest absolute Gasteiger partial charge is 0.395 e. The van der Waals surface area contributed by atoms with E-state index in [2.05, 4.69) is 5.32 Å². The molecule has 1 aliphatic rings. The molecule has 1 saturated heterocycles. The van der Waals surface area contributed by atoms with Gasteiger partial charge >= 0.3 is 0 Å². The standard InChI is InChI=1S/C7H12N2O3/c10-2-1-8-7(12)6-3-9(4-6)5-11/h5-6,10H,1-4H2,(H,8,12). The second-order valence-corrected chi connectivity index (χ2v) is 2.77. The highest BCUT2D eigenvalue weighted by molar-refractivity contribution is 5.80. The van der Waals surface area contributed by atoms with Crippen molar-refractivity contribution in [3.63, 3.8) is 0 Å². The number of likely N-dealkylation sites (tertiary alicyclic amines) is 1. The molecular weight excluding hydrogens is 160 g/mol. The van der Waals surface area contributed by atoms with Crippen LogP contribution in [0.5, 0.6) is 0 Å². The van der Waals surface area contributed by atoms with Crippen LogP contribution < -0.4 is 5.32 Å². The van der Waals surface area contributed by atoms with Crippen LogP contribution in [0.25, 0.3) is 0 Å². The van der Waals surface area contributed by atoms with Gasteiger partial charge in [-0.3, -0.25) is 9.59 Å². The molecule has 0 bridgehead atoms. The molecule has 0 atom stereocenters. The van der Waals surface area contributed by atoms with Gasteiger partial charge in [0.2, 0.25) is 12.3 Å². The van der Waals surface area contributed by atoms with Gasteiger partial charge in [-0.1, -0.05) is 0 Å². The summed E-state index contributed by atoms with van der Waals surface area (Å²) in [6.07, 6.45) is 0.732. The van der Waals surface area contributed by atoms with E-state index in [0.717, 1.165) is 6.41 Å². The fraction of sp³-hybridized carbons (Fsp3) is 0.714. The summed E-state index contributed by atoms with van der Waals surface area (Å²) in [5.41, 5.74) is 0. The minimum Gasteiger partial charge on any atom is -0.395 e. The lowest BCUT2D eigenvalue weighted by atomic mass is 10.0. The summed E-state index contributed by atoms with van der Waals surface area (Å²) in [5, 5.41) is 11.0. The lowest BCUT2D eigenvalue weighted by molar-refractivity contribution is -0.135. The topological polar surface area (TPSA) is 69.6 Å². The molecule has 0 saturated carbocycles. The molecule has 1 rings (SSSR count). The fourth-order valence-electron chi connectivity index (χ4n) is 1.09. The number of nitrogens with zero attached hydrogens (tertiary/aromatic N) is 1. The van der Waals surface area contributed by atoms with Gasteiger partial charge in [0.15, 0.2) is 0 Å². The zero-order valence-electron chi connectivity index (χ0n) is 6.69. The summed E-state index contributed by atoms with van der Waals surface area (Å²) in [6, 6.07) is 0. The Labute approximate surface area is 70.4 Å². The average molecular weight is 172 g/mol. The van der Waals surface area contributed by atoms with E-state index in [4.69, 9.17) is 5.11 Å². The summed E-state index contributed by atoms with van der Waals surface area (Å²) in [7, 11) is 0. The lowest BCUT2D eigenvalue weighted by Gasteiger charge is -2.34. The molecule has 12 heavy (non-hydrogen) atoms. The van der Waals surface area contributed by atoms with Gasteiger partial charge in [0.05, 0.1) is 12.5 Å². The van der Waals surface area contributed by atoms with E-state index in [0.29, 0.717) is 13.1 Å². The van der Waals surface area contributed by atoms with Crippen molar-refractivity contribution in [3.8, 4) is 0 Å². The Kier molecular flexibility index (Phi) is 3.04. The number of carbonyl (C=O) groups is 2. The third-order valence-corrected chi connectivity index (χ3v) is 1.84. The lowest BCUT2D eigenvalue weighted by Crippen LogP contribution is -2.53. The molecule has 0 aromatic rings. The van der Waals surface area contributed by atoms with Crippen LogP contribution >= 0.6 is 0 Å². The summed E-state index contributed by atoms with van der Waals surface area (Å²) in [5.74, 6) is -0.163. The van der Waals surface area contributed by atoms with Gasteiger partial charge in [-0.15, -0.1) is 0 Å². The molecule has 2 N–H and O–H groups in total. The van der Waals surface area contributed by atoms with Crippen molar-refractivity contribution in [2.45, 2.75) is 0 Å². The van der Waals surface area contributed by atoms with Crippen molar-refractivity contribution in [3.05, 3.63) is 0 Å². The van der Waals surface area contributed by atoms with Crippen molar-refractivity contribution in [1.29, 1.82) is 0 Å². The molecule has 0 aliphatic carbocycles. The van der Waals surface area contributed by atoms with Crippen LogP contribution in [-0.2, 0) is 9.59 Å². The number of nitrogens with one attached hydrogen (secondary N) is 1. The number of rotatable bonds is 4. The number of hydrogen-bond donors (Lipinski definition) is 2. The number of aliphatic hydroxyl groups is 1. The van der Waals surface area contributed by atoms with E-state index in [1.54, 1.807) is 0 Å². The van der Waals surface area contributed by atoms with Crippen LogP contribution in [0, 0.1) is 5.92 Å². The highest BCUT2D eigenvalue weighted by atomic mass is 16.3. The van der Waals surface area contributed by atoms with E-state index < -0.39 is 0 Å². The molecule has 0 radical (unpaired) electrons. The first-order valence-electron chi connectivity index (χ1n) is 3.86. The predicted molar refractivity (Wildman–Crippen MR) is 41.2 cm³/mol. The molecule has 5 nitrogen and oxygen atoms in total. The van der Waals surface area contributed by atoms with Gasteiger partial charge in [-0.2, -0.15) is 0 Å². The summed E-state index contributed by atoms with van der Waals surface area (Å²) in [4.78, 5) is 22.7. The molecular formula is C7H12N2O3. The molecule has 0 aromatic carbocycles. The third kappa shape index (κ3) is 1.94. The fourth-order valence-corrected chi connectivity index (χ4v) is 1.09. The maximum atomic E-state index is 11.1. The molecule has 5 heteroatoms. The Balaban J connectivity index is 2.14. The smallest absolute Gasteiger partial charge is 0.226 e. The number of carbonyl (C=O) groups excluding carboxylic acids is 2. The van der Waals surface area contributed by atoms with Gasteiger partial charge < -0.3 is 15.3 Å². The third-order valence-electron chi connectivity index (χ3n) is 1.84. The van der Waals surface area contributed by atoms with Crippen molar-refractivity contribution in [2.24, 2.45) is 5.92 Å². The van der Waals surface area contributed by atoms with Gasteiger partial charge in [-0.05, 0) is 0 Å². The molecule has 1 aliphatic heterocycles. The normalized spacial score (nSPS) is 16.9. The first-order valence-corrected chi connectivity index (χ1v) is 3.86. The Morgan fingerprint density at radius 3 is 2.83 bits per heavy atom. The van der Waals surface area contributed by atoms with E-state index in [1.165, 1.54) is 4.90 Å². The Morgan fingerprint density at radius 2 is 2.33 bits per heavy atom. The van der Waals surface area contributed by atoms with Crippen molar-refractivity contribution in [1.82, 2.24) is 10.2 Å². The van der Waals surface area contributed by atoms with Crippen LogP contribution in [0.1, 0.15) is 0 Å². The van der Waals surface area contributed by atoms with Gasteiger partial charge in [-0.25, -0.2) is 0 Å². The molecule has 1 heterocycles. The minimum atomic E-state index is -0.0817. The molecule has 0 aromatic heterocycles. The Bertz CT molecular complexity index is 177. The van der Waals surface area contributed by atoms with E-state index in [-0.39, 0.29) is 25.0 Å². The Hall–Kier alpha value is -1.10. The predicted octanol–water partition coefficient (Wildman–Crippen LogP) is -1.82. The maximum absolute atomic E-state index is 11.1. The molecule has 0 spiro atoms. The molecule has 2 amide bonds. The van der Waals surface area contributed by atoms with E-state index in [1.807, 2.05) is 0 Å². The Morgan fingerprint density at radius 1 is 1.67 bits per heavy atom. The first-order chi connectivity index (χ1) is 5.77. The second-order valence-electron chi connectivity index (χ2n) is 2.77. The van der Waals surface area contributed by atoms with Crippen LogP contribution in [0.3, 0.4) is 0 Å². The average Bonchev–Trinajstić information content (AvgIpc) is 1.99. The van der Waals surface area contributed by atoms with Crippen molar-refractivity contribution >= 4 is 12.3 Å². The monoisotopic (exact) mass is 172 g/mol. The molecule has 0 unspecified atom stereocenters. The summed E-state index contributed by atoms with van der Waals surface area (Å²) >= 11 is 0. The summed E-state index contributed by atoms with van der Waals surface area (Å²) < 4.78 is 0. The molecule has 68 valence electrons. The minimum absolute atomic E-state index is 0.0458. The van der Waals surface area contributed by atoms with Crippen molar-refractivity contribution < 1.29 is 14.7 Å². The summed E-state index contributed by atoms with van der Waals surface area (Å²) in [6.45, 7) is 1.24. The van der Waals surface area contributed by atoms with Crippen LogP contribution in [0.15, 0.2) is 0 Å². The SMILES string of the molecule is O=CN1CC(C(=O)NCCO)C1. The first kappa shape index (κ1) is 8.99. The highest BCUT2D eigenvalue weighted by Crippen LogP contribution is 2.12. The van der Waals surface area contributed by atoms with Crippen LogP contribution in [0.2, 0.25) is 0 Å². The maximum Gasteiger partial charge on any atom is 0.226 e. The number of hydrogen-bond acceptors (Lipinski definition) is 3. The number of amides is 2. The number of aliphatic hydroxyl groups excluding tert-OH is 1. The highest BCUT2D eigenvalue weighted by Gasteiger charge is 2.31. The quantitative estimate of drug-likeness (QED) is 0.491.